The van der Waals surface area contributed by atoms with Gasteiger partial charge in [-0.3, -0.25) is 0 Å². The van der Waals surface area contributed by atoms with Crippen LogP contribution in [0.3, 0.4) is 0 Å². The normalized spacial score (nSPS) is 10.4. The summed E-state index contributed by atoms with van der Waals surface area (Å²) in [7, 11) is 0. The summed E-state index contributed by atoms with van der Waals surface area (Å²) in [5.74, 6) is 1.10. The maximum atomic E-state index is 5.91. The molecular weight excluding hydrogens is 270 g/mol. The van der Waals surface area contributed by atoms with E-state index in [1.807, 2.05) is 12.1 Å². The molecule has 0 bridgehead atoms. The van der Waals surface area contributed by atoms with Crippen LogP contribution < -0.4 is 5.73 Å². The fourth-order valence-corrected chi connectivity index (χ4v) is 2.62. The van der Waals surface area contributed by atoms with Gasteiger partial charge in [-0.05, 0) is 40.2 Å². The van der Waals surface area contributed by atoms with Gasteiger partial charge in [-0.2, -0.15) is 0 Å². The Morgan fingerprint density at radius 2 is 2.23 bits per heavy atom. The molecule has 4 heteroatoms. The first kappa shape index (κ1) is 11.2. The maximum Gasteiger partial charge on any atom is 0.0647 e. The highest BCUT2D eigenvalue weighted by Crippen LogP contribution is 2.33. The molecule has 0 radical (unpaired) electrons. The number of hydrogen-bond acceptors (Lipinski definition) is 2. The van der Waals surface area contributed by atoms with E-state index in [2.05, 4.69) is 22.9 Å². The molecule has 0 spiro atoms. The lowest BCUT2D eigenvalue weighted by atomic mass is 10.3. The van der Waals surface area contributed by atoms with Crippen molar-refractivity contribution in [3.63, 3.8) is 0 Å². The van der Waals surface area contributed by atoms with E-state index in [0.29, 0.717) is 10.7 Å². The van der Waals surface area contributed by atoms with Crippen LogP contribution in [0.25, 0.3) is 0 Å². The second kappa shape index (κ2) is 5.13. The number of rotatable bonds is 3. The van der Waals surface area contributed by atoms with Gasteiger partial charge in [0, 0.05) is 9.37 Å². The zero-order valence-electron chi connectivity index (χ0n) is 7.31. The number of hydrogen-bond donors (Lipinski definition) is 1. The van der Waals surface area contributed by atoms with Crippen molar-refractivity contribution in [2.75, 3.05) is 11.5 Å². The van der Waals surface area contributed by atoms with Gasteiger partial charge in [0.1, 0.15) is 0 Å². The van der Waals surface area contributed by atoms with Gasteiger partial charge in [0.15, 0.2) is 0 Å². The third-order valence-electron chi connectivity index (χ3n) is 1.51. The fourth-order valence-electron chi connectivity index (χ4n) is 0.867. The SMILES string of the molecule is CCCSc1cc(Cl)c(N)cc1Br. The summed E-state index contributed by atoms with van der Waals surface area (Å²) in [6.07, 6.45) is 1.15. The molecule has 0 amide bonds. The van der Waals surface area contributed by atoms with Crippen molar-refractivity contribution in [1.82, 2.24) is 0 Å². The molecule has 0 saturated carbocycles. The molecule has 1 aromatic rings. The molecule has 0 saturated heterocycles. The molecule has 0 heterocycles. The van der Waals surface area contributed by atoms with E-state index in [-0.39, 0.29) is 0 Å². The average Bonchev–Trinajstić information content (AvgIpc) is 2.09. The monoisotopic (exact) mass is 279 g/mol. The third-order valence-corrected chi connectivity index (χ3v) is 4.02. The van der Waals surface area contributed by atoms with Gasteiger partial charge in [-0.25, -0.2) is 0 Å². The summed E-state index contributed by atoms with van der Waals surface area (Å²) >= 11 is 11.1. The van der Waals surface area contributed by atoms with Crippen LogP contribution in [0, 0.1) is 0 Å². The first-order chi connectivity index (χ1) is 6.15. The maximum absolute atomic E-state index is 5.91. The van der Waals surface area contributed by atoms with Crippen LogP contribution in [0.1, 0.15) is 13.3 Å². The van der Waals surface area contributed by atoms with Crippen LogP contribution in [0.2, 0.25) is 5.02 Å². The van der Waals surface area contributed by atoms with Crippen LogP contribution in [0.5, 0.6) is 0 Å². The van der Waals surface area contributed by atoms with E-state index in [0.717, 1.165) is 21.5 Å². The van der Waals surface area contributed by atoms with Gasteiger partial charge < -0.3 is 5.73 Å². The van der Waals surface area contributed by atoms with Crippen molar-refractivity contribution in [3.8, 4) is 0 Å². The Morgan fingerprint density at radius 1 is 1.54 bits per heavy atom. The summed E-state index contributed by atoms with van der Waals surface area (Å²) in [5.41, 5.74) is 6.27. The lowest BCUT2D eigenvalue weighted by molar-refractivity contribution is 1.10. The molecule has 0 unspecified atom stereocenters. The molecule has 13 heavy (non-hydrogen) atoms. The molecular formula is C9H11BrClNS. The Kier molecular flexibility index (Phi) is 4.42. The van der Waals surface area contributed by atoms with E-state index in [1.165, 1.54) is 0 Å². The highest BCUT2D eigenvalue weighted by molar-refractivity contribution is 9.10. The Labute approximate surface area is 96.2 Å². The van der Waals surface area contributed by atoms with E-state index >= 15 is 0 Å². The van der Waals surface area contributed by atoms with Gasteiger partial charge in [0.05, 0.1) is 10.7 Å². The molecule has 1 aromatic carbocycles. The molecule has 0 atom stereocenters. The highest BCUT2D eigenvalue weighted by atomic mass is 79.9. The molecule has 0 fully saturated rings. The lowest BCUT2D eigenvalue weighted by Crippen LogP contribution is -1.87. The first-order valence-electron chi connectivity index (χ1n) is 4.02. The van der Waals surface area contributed by atoms with Gasteiger partial charge >= 0.3 is 0 Å². The van der Waals surface area contributed by atoms with Crippen molar-refractivity contribution in [3.05, 3.63) is 21.6 Å². The van der Waals surface area contributed by atoms with E-state index in [9.17, 15) is 0 Å². The molecule has 72 valence electrons. The zero-order chi connectivity index (χ0) is 9.84. The van der Waals surface area contributed by atoms with E-state index in [4.69, 9.17) is 17.3 Å². The minimum atomic E-state index is 0.620. The summed E-state index contributed by atoms with van der Waals surface area (Å²) in [6, 6.07) is 3.75. The molecule has 0 aliphatic rings. The first-order valence-corrected chi connectivity index (χ1v) is 6.18. The second-order valence-corrected chi connectivity index (χ2v) is 5.05. The zero-order valence-corrected chi connectivity index (χ0v) is 10.5. The van der Waals surface area contributed by atoms with Crippen molar-refractivity contribution in [1.29, 1.82) is 0 Å². The largest absolute Gasteiger partial charge is 0.397 e. The third kappa shape index (κ3) is 3.08. The molecule has 1 rings (SSSR count). The molecule has 0 aromatic heterocycles. The summed E-state index contributed by atoms with van der Waals surface area (Å²) in [6.45, 7) is 2.15. The predicted molar refractivity (Wildman–Crippen MR) is 64.6 cm³/mol. The van der Waals surface area contributed by atoms with Crippen LogP contribution in [0.15, 0.2) is 21.5 Å². The topological polar surface area (TPSA) is 26.0 Å². The quantitative estimate of drug-likeness (QED) is 0.664. The minimum absolute atomic E-state index is 0.620. The van der Waals surface area contributed by atoms with Gasteiger partial charge in [0.25, 0.3) is 0 Å². The van der Waals surface area contributed by atoms with Gasteiger partial charge in [-0.15, -0.1) is 11.8 Å². The van der Waals surface area contributed by atoms with Crippen LogP contribution in [0.4, 0.5) is 5.69 Å². The number of thioether (sulfide) groups is 1. The Bertz CT molecular complexity index is 304. The smallest absolute Gasteiger partial charge is 0.0647 e. The van der Waals surface area contributed by atoms with Crippen LogP contribution >= 0.6 is 39.3 Å². The van der Waals surface area contributed by atoms with Crippen molar-refractivity contribution >= 4 is 45.0 Å². The molecule has 0 aliphatic carbocycles. The summed E-state index contributed by atoms with van der Waals surface area (Å²) in [5, 5.41) is 0.627. The standard InChI is InChI=1S/C9H11BrClNS/c1-2-3-13-9-5-7(11)8(12)4-6(9)10/h4-5H,2-3,12H2,1H3. The Morgan fingerprint density at radius 3 is 2.85 bits per heavy atom. The van der Waals surface area contributed by atoms with Gasteiger partial charge in [0.2, 0.25) is 0 Å². The fraction of sp³-hybridized carbons (Fsp3) is 0.333. The Balaban J connectivity index is 2.88. The van der Waals surface area contributed by atoms with Crippen molar-refractivity contribution in [2.24, 2.45) is 0 Å². The highest BCUT2D eigenvalue weighted by Gasteiger charge is 2.04. The molecule has 1 nitrogen and oxygen atoms in total. The van der Waals surface area contributed by atoms with E-state index < -0.39 is 0 Å². The average molecular weight is 281 g/mol. The molecule has 0 aliphatic heterocycles. The van der Waals surface area contributed by atoms with E-state index in [1.54, 1.807) is 11.8 Å². The second-order valence-electron chi connectivity index (χ2n) is 2.65. The number of nitrogens with two attached hydrogens (primary N) is 1. The number of halogens is 2. The molecule has 2 N–H and O–H groups in total. The Hall–Kier alpha value is 0.140. The summed E-state index contributed by atoms with van der Waals surface area (Å²) in [4.78, 5) is 1.15. The number of anilines is 1. The van der Waals surface area contributed by atoms with Gasteiger partial charge in [-0.1, -0.05) is 18.5 Å². The van der Waals surface area contributed by atoms with Crippen LogP contribution in [-0.2, 0) is 0 Å². The van der Waals surface area contributed by atoms with Crippen molar-refractivity contribution < 1.29 is 0 Å². The number of nitrogen functional groups attached to an aromatic ring is 1. The van der Waals surface area contributed by atoms with Crippen LogP contribution in [-0.4, -0.2) is 5.75 Å². The number of benzene rings is 1. The lowest BCUT2D eigenvalue weighted by Gasteiger charge is -2.05. The minimum Gasteiger partial charge on any atom is -0.397 e. The van der Waals surface area contributed by atoms with Crippen molar-refractivity contribution in [2.45, 2.75) is 18.2 Å². The summed E-state index contributed by atoms with van der Waals surface area (Å²) < 4.78 is 1.02. The predicted octanol–water partition coefficient (Wildman–Crippen LogP) is 4.19.